The summed E-state index contributed by atoms with van der Waals surface area (Å²) in [6.45, 7) is 4.63. The first-order valence-electron chi connectivity index (χ1n) is 8.19. The number of aromatic amines is 1. The monoisotopic (exact) mass is 324 g/mol. The number of rotatable bonds is 4. The first-order chi connectivity index (χ1) is 11.8. The molecule has 0 aliphatic carbocycles. The van der Waals surface area contributed by atoms with Crippen LogP contribution in [-0.2, 0) is 6.54 Å². The van der Waals surface area contributed by atoms with E-state index in [9.17, 15) is 0 Å². The number of anilines is 1. The highest BCUT2D eigenvalue weighted by Gasteiger charge is 2.22. The second-order valence-corrected chi connectivity index (χ2v) is 6.09. The standard InChI is InChI=1S/C16H20N8/c1-11-6-18-13(7-17-11)8-19-12-2-4-24(5-3-12)16-14-15(21-9-20-14)22-10-23-16/h6-7,9-10,12,19H,2-5,8H2,1H3,(H,20,21,22,23). The van der Waals surface area contributed by atoms with Crippen LogP contribution in [0, 0.1) is 6.92 Å². The smallest absolute Gasteiger partial charge is 0.182 e. The Hall–Kier alpha value is -2.61. The minimum atomic E-state index is 0.489. The SMILES string of the molecule is Cc1cnc(CNC2CCN(c3ncnc4nc[nH]c34)CC2)cn1. The number of piperidine rings is 1. The third-order valence-corrected chi connectivity index (χ3v) is 4.40. The summed E-state index contributed by atoms with van der Waals surface area (Å²) < 4.78 is 0. The van der Waals surface area contributed by atoms with Gasteiger partial charge >= 0.3 is 0 Å². The van der Waals surface area contributed by atoms with Crippen LogP contribution in [0.1, 0.15) is 24.2 Å². The lowest BCUT2D eigenvalue weighted by molar-refractivity contribution is 0.411. The van der Waals surface area contributed by atoms with Crippen molar-refractivity contribution in [2.24, 2.45) is 0 Å². The Kier molecular flexibility index (Phi) is 4.04. The Morgan fingerprint density at radius 1 is 1.12 bits per heavy atom. The van der Waals surface area contributed by atoms with Gasteiger partial charge in [0.1, 0.15) is 11.8 Å². The molecule has 8 nitrogen and oxygen atoms in total. The molecule has 0 unspecified atom stereocenters. The summed E-state index contributed by atoms with van der Waals surface area (Å²) in [6.07, 6.45) is 9.04. The van der Waals surface area contributed by atoms with E-state index in [4.69, 9.17) is 0 Å². The molecule has 0 radical (unpaired) electrons. The number of nitrogens with one attached hydrogen (secondary N) is 2. The molecule has 1 saturated heterocycles. The molecule has 0 saturated carbocycles. The van der Waals surface area contributed by atoms with Gasteiger partial charge in [0.15, 0.2) is 11.5 Å². The predicted octanol–water partition coefficient (Wildman–Crippen LogP) is 1.21. The van der Waals surface area contributed by atoms with Gasteiger partial charge in [-0.25, -0.2) is 15.0 Å². The van der Waals surface area contributed by atoms with Crippen LogP contribution < -0.4 is 10.2 Å². The fourth-order valence-electron chi connectivity index (χ4n) is 3.05. The number of nitrogens with zero attached hydrogens (tertiary/aromatic N) is 6. The van der Waals surface area contributed by atoms with E-state index >= 15 is 0 Å². The zero-order chi connectivity index (χ0) is 16.4. The number of imidazole rings is 1. The second-order valence-electron chi connectivity index (χ2n) is 6.09. The molecular formula is C16H20N8. The van der Waals surface area contributed by atoms with Crippen LogP contribution in [0.2, 0.25) is 0 Å². The van der Waals surface area contributed by atoms with Crippen molar-refractivity contribution < 1.29 is 0 Å². The molecule has 8 heteroatoms. The van der Waals surface area contributed by atoms with E-state index < -0.39 is 0 Å². The maximum absolute atomic E-state index is 4.43. The van der Waals surface area contributed by atoms with Crippen LogP contribution in [-0.4, -0.2) is 49.0 Å². The second kappa shape index (κ2) is 6.48. The van der Waals surface area contributed by atoms with Crippen molar-refractivity contribution >= 4 is 17.0 Å². The summed E-state index contributed by atoms with van der Waals surface area (Å²) >= 11 is 0. The molecule has 1 aliphatic rings. The van der Waals surface area contributed by atoms with E-state index in [1.54, 1.807) is 12.7 Å². The molecule has 0 atom stereocenters. The molecule has 4 rings (SSSR count). The van der Waals surface area contributed by atoms with E-state index in [0.29, 0.717) is 6.04 Å². The lowest BCUT2D eigenvalue weighted by Gasteiger charge is -2.33. The molecule has 1 aliphatic heterocycles. The molecule has 3 aromatic heterocycles. The Morgan fingerprint density at radius 3 is 2.79 bits per heavy atom. The fourth-order valence-corrected chi connectivity index (χ4v) is 3.05. The van der Waals surface area contributed by atoms with Gasteiger partial charge in [0.25, 0.3) is 0 Å². The van der Waals surface area contributed by atoms with Crippen molar-refractivity contribution in [3.05, 3.63) is 36.4 Å². The van der Waals surface area contributed by atoms with Crippen molar-refractivity contribution in [3.8, 4) is 0 Å². The molecule has 24 heavy (non-hydrogen) atoms. The Bertz CT molecular complexity index is 804. The fraction of sp³-hybridized carbons (Fsp3) is 0.438. The Labute approximate surface area is 139 Å². The summed E-state index contributed by atoms with van der Waals surface area (Å²) in [7, 11) is 0. The molecule has 0 aromatic carbocycles. The molecule has 0 spiro atoms. The lowest BCUT2D eigenvalue weighted by Crippen LogP contribution is -2.42. The highest BCUT2D eigenvalue weighted by atomic mass is 15.2. The quantitative estimate of drug-likeness (QED) is 0.744. The van der Waals surface area contributed by atoms with Crippen LogP contribution in [0.4, 0.5) is 5.82 Å². The molecule has 1 fully saturated rings. The van der Waals surface area contributed by atoms with Gasteiger partial charge in [-0.1, -0.05) is 0 Å². The number of fused-ring (bicyclic) bond motifs is 1. The minimum Gasteiger partial charge on any atom is -0.355 e. The van der Waals surface area contributed by atoms with E-state index in [-0.39, 0.29) is 0 Å². The van der Waals surface area contributed by atoms with Crippen molar-refractivity contribution in [2.75, 3.05) is 18.0 Å². The van der Waals surface area contributed by atoms with Crippen LogP contribution in [0.15, 0.2) is 25.0 Å². The maximum atomic E-state index is 4.43. The first-order valence-corrected chi connectivity index (χ1v) is 8.19. The number of aromatic nitrogens is 6. The van der Waals surface area contributed by atoms with Crippen LogP contribution >= 0.6 is 0 Å². The van der Waals surface area contributed by atoms with E-state index in [1.165, 1.54) is 0 Å². The van der Waals surface area contributed by atoms with Gasteiger partial charge in [0.2, 0.25) is 0 Å². The first kappa shape index (κ1) is 14.9. The number of H-pyrrole nitrogens is 1. The van der Waals surface area contributed by atoms with Crippen molar-refractivity contribution in [3.63, 3.8) is 0 Å². The van der Waals surface area contributed by atoms with Crippen molar-refractivity contribution in [2.45, 2.75) is 32.4 Å². The number of aryl methyl sites for hydroxylation is 1. The molecule has 0 amide bonds. The largest absolute Gasteiger partial charge is 0.355 e. The topological polar surface area (TPSA) is 95.5 Å². The highest BCUT2D eigenvalue weighted by Crippen LogP contribution is 2.23. The maximum Gasteiger partial charge on any atom is 0.182 e. The van der Waals surface area contributed by atoms with Crippen LogP contribution in [0.25, 0.3) is 11.2 Å². The van der Waals surface area contributed by atoms with Crippen LogP contribution in [0.3, 0.4) is 0 Å². The summed E-state index contributed by atoms with van der Waals surface area (Å²) in [6, 6.07) is 0.489. The molecule has 4 heterocycles. The average Bonchev–Trinajstić information content (AvgIpc) is 3.10. The normalized spacial score (nSPS) is 16.0. The molecule has 2 N–H and O–H groups in total. The van der Waals surface area contributed by atoms with Gasteiger partial charge < -0.3 is 15.2 Å². The summed E-state index contributed by atoms with van der Waals surface area (Å²) in [5.74, 6) is 0.945. The Balaban J connectivity index is 1.35. The van der Waals surface area contributed by atoms with Gasteiger partial charge in [-0.15, -0.1) is 0 Å². The van der Waals surface area contributed by atoms with Crippen molar-refractivity contribution in [1.29, 1.82) is 0 Å². The van der Waals surface area contributed by atoms with E-state index in [1.807, 2.05) is 19.3 Å². The molecule has 0 bridgehead atoms. The van der Waals surface area contributed by atoms with Gasteiger partial charge in [-0.05, 0) is 19.8 Å². The molecular weight excluding hydrogens is 304 g/mol. The zero-order valence-corrected chi connectivity index (χ0v) is 13.6. The highest BCUT2D eigenvalue weighted by molar-refractivity contribution is 5.82. The van der Waals surface area contributed by atoms with Gasteiger partial charge in [0, 0.05) is 38.1 Å². The zero-order valence-electron chi connectivity index (χ0n) is 13.6. The number of hydrogen-bond donors (Lipinski definition) is 2. The van der Waals surface area contributed by atoms with Gasteiger partial charge in [0.05, 0.1) is 17.7 Å². The van der Waals surface area contributed by atoms with E-state index in [2.05, 4.69) is 40.1 Å². The predicted molar refractivity (Wildman–Crippen MR) is 90.5 cm³/mol. The van der Waals surface area contributed by atoms with Crippen LogP contribution in [0.5, 0.6) is 0 Å². The molecule has 3 aromatic rings. The summed E-state index contributed by atoms with van der Waals surface area (Å²) in [5, 5.41) is 3.58. The lowest BCUT2D eigenvalue weighted by atomic mass is 10.0. The minimum absolute atomic E-state index is 0.489. The van der Waals surface area contributed by atoms with E-state index in [0.717, 1.165) is 60.8 Å². The third kappa shape index (κ3) is 3.05. The van der Waals surface area contributed by atoms with Gasteiger partial charge in [-0.2, -0.15) is 0 Å². The molecule has 124 valence electrons. The van der Waals surface area contributed by atoms with Gasteiger partial charge in [-0.3, -0.25) is 9.97 Å². The van der Waals surface area contributed by atoms with Crippen molar-refractivity contribution in [1.82, 2.24) is 35.2 Å². The third-order valence-electron chi connectivity index (χ3n) is 4.40. The summed E-state index contributed by atoms with van der Waals surface area (Å²) in [4.78, 5) is 26.9. The average molecular weight is 324 g/mol. The number of hydrogen-bond acceptors (Lipinski definition) is 7. The summed E-state index contributed by atoms with van der Waals surface area (Å²) in [5.41, 5.74) is 3.57. The Morgan fingerprint density at radius 2 is 2.00 bits per heavy atom.